The molecule has 0 aliphatic rings. The highest BCUT2D eigenvalue weighted by Gasteiger charge is 2.06. The Morgan fingerprint density at radius 2 is 1.68 bits per heavy atom. The maximum Gasteiger partial charge on any atom is 0.229 e. The van der Waals surface area contributed by atoms with Gasteiger partial charge in [0.1, 0.15) is 5.82 Å². The van der Waals surface area contributed by atoms with Crippen molar-refractivity contribution >= 4 is 29.1 Å². The third-order valence-corrected chi connectivity index (χ3v) is 4.13. The first-order valence-corrected chi connectivity index (χ1v) is 8.56. The molecule has 3 aromatic rings. The number of nitrogens with one attached hydrogen (secondary N) is 2. The van der Waals surface area contributed by atoms with E-state index in [1.165, 1.54) is 11.1 Å². The lowest BCUT2D eigenvalue weighted by Crippen LogP contribution is -2.06. The second kappa shape index (κ2) is 7.53. The topological polar surface area (TPSA) is 49.8 Å². The lowest BCUT2D eigenvalue weighted by molar-refractivity contribution is 1.06. The Bertz CT molecular complexity index is 875. The van der Waals surface area contributed by atoms with Gasteiger partial charge < -0.3 is 10.6 Å². The Morgan fingerprint density at radius 3 is 2.44 bits per heavy atom. The van der Waals surface area contributed by atoms with Crippen molar-refractivity contribution in [3.05, 3.63) is 75.9 Å². The van der Waals surface area contributed by atoms with Crippen molar-refractivity contribution in [1.29, 1.82) is 0 Å². The minimum Gasteiger partial charge on any atom is -0.366 e. The van der Waals surface area contributed by atoms with Crippen LogP contribution in [-0.2, 0) is 6.54 Å². The van der Waals surface area contributed by atoms with Gasteiger partial charge in [-0.2, -0.15) is 4.98 Å². The quantitative estimate of drug-likeness (QED) is 0.644. The van der Waals surface area contributed by atoms with Crippen LogP contribution in [-0.4, -0.2) is 9.97 Å². The van der Waals surface area contributed by atoms with Gasteiger partial charge in [0, 0.05) is 29.0 Å². The summed E-state index contributed by atoms with van der Waals surface area (Å²) in [4.78, 5) is 9.02. The fourth-order valence-electron chi connectivity index (χ4n) is 2.46. The number of hydrogen-bond acceptors (Lipinski definition) is 4. The molecule has 0 atom stereocenters. The summed E-state index contributed by atoms with van der Waals surface area (Å²) < 4.78 is 0. The fourth-order valence-corrected chi connectivity index (χ4v) is 2.64. The Labute approximate surface area is 153 Å². The van der Waals surface area contributed by atoms with Crippen LogP contribution < -0.4 is 10.6 Å². The van der Waals surface area contributed by atoms with E-state index in [2.05, 4.69) is 51.8 Å². The van der Waals surface area contributed by atoms with Crippen molar-refractivity contribution in [2.75, 3.05) is 10.6 Å². The predicted molar refractivity (Wildman–Crippen MR) is 105 cm³/mol. The molecule has 4 nitrogen and oxygen atoms in total. The van der Waals surface area contributed by atoms with Crippen LogP contribution >= 0.6 is 11.6 Å². The maximum atomic E-state index is 6.08. The standard InChI is InChI=1S/C20H21ClN4/c1-13-4-7-16(8-5-13)12-22-19-10-15(3)23-20(25-19)24-18-11-17(21)9-6-14(18)2/h4-11H,12H2,1-3H3,(H2,22,23,24,25). The highest BCUT2D eigenvalue weighted by Crippen LogP contribution is 2.23. The first-order valence-electron chi connectivity index (χ1n) is 8.18. The van der Waals surface area contributed by atoms with Crippen LogP contribution in [0.3, 0.4) is 0 Å². The van der Waals surface area contributed by atoms with E-state index < -0.39 is 0 Å². The first-order chi connectivity index (χ1) is 12.0. The molecule has 0 saturated carbocycles. The number of nitrogens with zero attached hydrogens (tertiary/aromatic N) is 2. The Kier molecular flexibility index (Phi) is 5.19. The summed E-state index contributed by atoms with van der Waals surface area (Å²) in [5, 5.41) is 7.29. The molecular formula is C20H21ClN4. The Balaban J connectivity index is 1.75. The summed E-state index contributed by atoms with van der Waals surface area (Å²) in [6.45, 7) is 6.77. The maximum absolute atomic E-state index is 6.08. The molecule has 0 amide bonds. The SMILES string of the molecule is Cc1ccc(CNc2cc(C)nc(Nc3cc(Cl)ccc3C)n2)cc1. The van der Waals surface area contributed by atoms with Crippen molar-refractivity contribution in [3.8, 4) is 0 Å². The lowest BCUT2D eigenvalue weighted by atomic mass is 10.1. The minimum atomic E-state index is 0.553. The Hall–Kier alpha value is -2.59. The van der Waals surface area contributed by atoms with Crippen LogP contribution in [0.15, 0.2) is 48.5 Å². The summed E-state index contributed by atoms with van der Waals surface area (Å²) in [5.41, 5.74) is 5.35. The van der Waals surface area contributed by atoms with Gasteiger partial charge in [0.2, 0.25) is 5.95 Å². The molecule has 0 saturated heterocycles. The molecule has 0 spiro atoms. The molecule has 2 aromatic carbocycles. The van der Waals surface area contributed by atoms with Crippen LogP contribution in [0.1, 0.15) is 22.4 Å². The molecule has 128 valence electrons. The van der Waals surface area contributed by atoms with E-state index in [1.54, 1.807) is 0 Å². The van der Waals surface area contributed by atoms with Crippen molar-refractivity contribution in [1.82, 2.24) is 9.97 Å². The summed E-state index contributed by atoms with van der Waals surface area (Å²) >= 11 is 6.08. The molecule has 0 aliphatic carbocycles. The molecule has 0 bridgehead atoms. The largest absolute Gasteiger partial charge is 0.366 e. The van der Waals surface area contributed by atoms with Crippen LogP contribution in [0, 0.1) is 20.8 Å². The molecule has 1 heterocycles. The zero-order chi connectivity index (χ0) is 17.8. The molecule has 1 aromatic heterocycles. The highest BCUT2D eigenvalue weighted by molar-refractivity contribution is 6.30. The summed E-state index contributed by atoms with van der Waals surface area (Å²) in [5.74, 6) is 1.34. The highest BCUT2D eigenvalue weighted by atomic mass is 35.5. The number of aryl methyl sites for hydroxylation is 3. The number of benzene rings is 2. The van der Waals surface area contributed by atoms with Crippen LogP contribution in [0.5, 0.6) is 0 Å². The average Bonchev–Trinajstić information content (AvgIpc) is 2.57. The van der Waals surface area contributed by atoms with Crippen molar-refractivity contribution in [2.24, 2.45) is 0 Å². The molecule has 0 aliphatic heterocycles. The van der Waals surface area contributed by atoms with Gasteiger partial charge in [0.15, 0.2) is 0 Å². The smallest absolute Gasteiger partial charge is 0.229 e. The first kappa shape index (κ1) is 17.2. The number of halogens is 1. The molecule has 25 heavy (non-hydrogen) atoms. The van der Waals surface area contributed by atoms with Gasteiger partial charge in [-0.25, -0.2) is 4.98 Å². The molecule has 5 heteroatoms. The van der Waals surface area contributed by atoms with Gasteiger partial charge in [0.05, 0.1) is 0 Å². The van der Waals surface area contributed by atoms with Crippen molar-refractivity contribution in [3.63, 3.8) is 0 Å². The molecule has 0 radical (unpaired) electrons. The summed E-state index contributed by atoms with van der Waals surface area (Å²) in [6.07, 6.45) is 0. The third-order valence-electron chi connectivity index (χ3n) is 3.89. The lowest BCUT2D eigenvalue weighted by Gasteiger charge is -2.12. The number of hydrogen-bond donors (Lipinski definition) is 2. The zero-order valence-corrected chi connectivity index (χ0v) is 15.4. The van der Waals surface area contributed by atoms with Gasteiger partial charge in [-0.15, -0.1) is 0 Å². The van der Waals surface area contributed by atoms with E-state index in [0.29, 0.717) is 17.5 Å². The second-order valence-electron chi connectivity index (χ2n) is 6.14. The number of anilines is 3. The van der Waals surface area contributed by atoms with Crippen molar-refractivity contribution < 1.29 is 0 Å². The fraction of sp³-hybridized carbons (Fsp3) is 0.200. The van der Waals surface area contributed by atoms with Gasteiger partial charge in [-0.3, -0.25) is 0 Å². The molecule has 0 fully saturated rings. The monoisotopic (exact) mass is 352 g/mol. The average molecular weight is 353 g/mol. The predicted octanol–water partition coefficient (Wildman–Crippen LogP) is 5.41. The Morgan fingerprint density at radius 1 is 0.920 bits per heavy atom. The third kappa shape index (κ3) is 4.70. The number of rotatable bonds is 5. The second-order valence-corrected chi connectivity index (χ2v) is 6.58. The van der Waals surface area contributed by atoms with Gasteiger partial charge in [-0.05, 0) is 44.0 Å². The zero-order valence-electron chi connectivity index (χ0n) is 14.6. The van der Waals surface area contributed by atoms with Gasteiger partial charge >= 0.3 is 0 Å². The normalized spacial score (nSPS) is 10.6. The van der Waals surface area contributed by atoms with Gasteiger partial charge in [0.25, 0.3) is 0 Å². The van der Waals surface area contributed by atoms with E-state index >= 15 is 0 Å². The molecular weight excluding hydrogens is 332 g/mol. The summed E-state index contributed by atoms with van der Waals surface area (Å²) in [6, 6.07) is 16.1. The van der Waals surface area contributed by atoms with Crippen LogP contribution in [0.2, 0.25) is 5.02 Å². The van der Waals surface area contributed by atoms with E-state index in [9.17, 15) is 0 Å². The summed E-state index contributed by atoms with van der Waals surface area (Å²) in [7, 11) is 0. The van der Waals surface area contributed by atoms with E-state index in [0.717, 1.165) is 22.8 Å². The van der Waals surface area contributed by atoms with Gasteiger partial charge in [-0.1, -0.05) is 47.5 Å². The van der Waals surface area contributed by atoms with Crippen LogP contribution in [0.4, 0.5) is 17.5 Å². The van der Waals surface area contributed by atoms with E-state index in [-0.39, 0.29) is 0 Å². The molecule has 0 unspecified atom stereocenters. The minimum absolute atomic E-state index is 0.553. The van der Waals surface area contributed by atoms with E-state index in [4.69, 9.17) is 11.6 Å². The van der Waals surface area contributed by atoms with Crippen molar-refractivity contribution in [2.45, 2.75) is 27.3 Å². The molecule has 3 rings (SSSR count). The molecule has 2 N–H and O–H groups in total. The number of aromatic nitrogens is 2. The van der Waals surface area contributed by atoms with E-state index in [1.807, 2.05) is 38.1 Å². The van der Waals surface area contributed by atoms with Crippen LogP contribution in [0.25, 0.3) is 0 Å².